The highest BCUT2D eigenvalue weighted by Crippen LogP contribution is 2.48. The van der Waals surface area contributed by atoms with E-state index in [-0.39, 0.29) is 12.8 Å². The third kappa shape index (κ3) is 1.59. The molecule has 0 N–H and O–H groups in total. The van der Waals surface area contributed by atoms with E-state index in [4.69, 9.17) is 4.74 Å². The zero-order valence-corrected chi connectivity index (χ0v) is 7.73. The summed E-state index contributed by atoms with van der Waals surface area (Å²) in [7, 11) is 5.17. The summed E-state index contributed by atoms with van der Waals surface area (Å²) in [5.41, 5.74) is -0.432. The minimum atomic E-state index is -2.48. The number of nitrogens with zero attached hydrogens (tertiary/aromatic N) is 1. The molecule has 1 rings (SSSR count). The van der Waals surface area contributed by atoms with E-state index in [0.717, 1.165) is 0 Å². The van der Waals surface area contributed by atoms with Crippen molar-refractivity contribution in [3.63, 3.8) is 0 Å². The highest BCUT2D eigenvalue weighted by molar-refractivity contribution is 5.05. The first-order valence-corrected chi connectivity index (χ1v) is 3.96. The summed E-state index contributed by atoms with van der Waals surface area (Å²) in [5, 5.41) is 0. The summed E-state index contributed by atoms with van der Waals surface area (Å²) in [4.78, 5) is 1.83. The van der Waals surface area contributed by atoms with Gasteiger partial charge in [0.15, 0.2) is 0 Å². The number of rotatable bonds is 3. The summed E-state index contributed by atoms with van der Waals surface area (Å²) in [6.45, 7) is 0.385. The van der Waals surface area contributed by atoms with Gasteiger partial charge in [-0.15, -0.1) is 0 Å². The lowest BCUT2D eigenvalue weighted by Crippen LogP contribution is -2.62. The number of likely N-dealkylation sites (N-methyl/N-ethyl adjacent to an activating group) is 1. The molecule has 0 bridgehead atoms. The fourth-order valence-electron chi connectivity index (χ4n) is 1.73. The van der Waals surface area contributed by atoms with Crippen LogP contribution >= 0.6 is 0 Å². The molecule has 0 aromatic heterocycles. The molecule has 12 heavy (non-hydrogen) atoms. The fraction of sp³-hybridized carbons (Fsp3) is 1.00. The molecule has 1 fully saturated rings. The average molecular weight is 179 g/mol. The largest absolute Gasteiger partial charge is 0.383 e. The third-order valence-electron chi connectivity index (χ3n) is 2.54. The van der Waals surface area contributed by atoms with Crippen LogP contribution in [0.2, 0.25) is 0 Å². The van der Waals surface area contributed by atoms with Crippen LogP contribution in [0.5, 0.6) is 0 Å². The van der Waals surface area contributed by atoms with E-state index in [1.165, 1.54) is 0 Å². The Morgan fingerprint density at radius 3 is 2.08 bits per heavy atom. The molecular weight excluding hydrogens is 164 g/mol. The van der Waals surface area contributed by atoms with Crippen molar-refractivity contribution in [1.82, 2.24) is 4.90 Å². The Hall–Kier alpha value is -0.220. The molecule has 0 spiro atoms. The second-order valence-corrected chi connectivity index (χ2v) is 3.76. The molecule has 0 saturated heterocycles. The van der Waals surface area contributed by atoms with Crippen molar-refractivity contribution in [3.8, 4) is 0 Å². The second-order valence-electron chi connectivity index (χ2n) is 3.76. The molecule has 0 aliphatic heterocycles. The van der Waals surface area contributed by atoms with Gasteiger partial charge < -0.3 is 9.64 Å². The number of ether oxygens (including phenoxy) is 1. The molecule has 1 aliphatic rings. The van der Waals surface area contributed by atoms with Crippen molar-refractivity contribution in [1.29, 1.82) is 0 Å². The van der Waals surface area contributed by atoms with E-state index >= 15 is 0 Å². The maximum absolute atomic E-state index is 12.6. The Bertz CT molecular complexity index is 162. The number of alkyl halides is 2. The van der Waals surface area contributed by atoms with Crippen molar-refractivity contribution < 1.29 is 13.5 Å². The maximum Gasteiger partial charge on any atom is 0.251 e. The molecule has 0 atom stereocenters. The summed E-state index contributed by atoms with van der Waals surface area (Å²) < 4.78 is 30.2. The lowest BCUT2D eigenvalue weighted by atomic mass is 9.73. The van der Waals surface area contributed by atoms with Gasteiger partial charge in [-0.05, 0) is 14.1 Å². The standard InChI is InChI=1S/C8H15F2NO/c1-11(2)7(6-12-3)4-8(9,10)5-7/h4-6H2,1-3H3. The van der Waals surface area contributed by atoms with Crippen molar-refractivity contribution in [2.75, 3.05) is 27.8 Å². The molecule has 1 saturated carbocycles. The molecule has 0 aromatic carbocycles. The second kappa shape index (κ2) is 2.92. The lowest BCUT2D eigenvalue weighted by molar-refractivity contribution is -0.183. The molecule has 0 aromatic rings. The van der Waals surface area contributed by atoms with Crippen LogP contribution in [0.15, 0.2) is 0 Å². The van der Waals surface area contributed by atoms with Crippen molar-refractivity contribution in [2.45, 2.75) is 24.3 Å². The number of halogens is 2. The van der Waals surface area contributed by atoms with Gasteiger partial charge >= 0.3 is 0 Å². The molecule has 2 nitrogen and oxygen atoms in total. The van der Waals surface area contributed by atoms with Gasteiger partial charge in [-0.2, -0.15) is 0 Å². The maximum atomic E-state index is 12.6. The van der Waals surface area contributed by atoms with E-state index in [2.05, 4.69) is 0 Å². The Labute approximate surface area is 71.5 Å². The van der Waals surface area contributed by atoms with Crippen molar-refractivity contribution in [3.05, 3.63) is 0 Å². The third-order valence-corrected chi connectivity index (χ3v) is 2.54. The van der Waals surface area contributed by atoms with Gasteiger partial charge in [0, 0.05) is 20.0 Å². The molecule has 72 valence electrons. The average Bonchev–Trinajstić information content (AvgIpc) is 1.83. The molecule has 4 heteroatoms. The van der Waals surface area contributed by atoms with E-state index in [1.807, 2.05) is 19.0 Å². The van der Waals surface area contributed by atoms with Crippen molar-refractivity contribution >= 4 is 0 Å². The van der Waals surface area contributed by atoms with Gasteiger partial charge in [0.2, 0.25) is 0 Å². The van der Waals surface area contributed by atoms with E-state index in [0.29, 0.717) is 6.61 Å². The van der Waals surface area contributed by atoms with Gasteiger partial charge in [0.25, 0.3) is 5.92 Å². The fourth-order valence-corrected chi connectivity index (χ4v) is 1.73. The van der Waals surface area contributed by atoms with Gasteiger partial charge in [-0.1, -0.05) is 0 Å². The molecule has 0 amide bonds. The first-order valence-electron chi connectivity index (χ1n) is 3.96. The minimum Gasteiger partial charge on any atom is -0.383 e. The number of methoxy groups -OCH3 is 1. The summed E-state index contributed by atoms with van der Waals surface area (Å²) >= 11 is 0. The monoisotopic (exact) mass is 179 g/mol. The first-order chi connectivity index (χ1) is 5.42. The van der Waals surface area contributed by atoms with E-state index < -0.39 is 11.5 Å². The molecular formula is C8H15F2NO. The Morgan fingerprint density at radius 1 is 1.33 bits per heavy atom. The molecule has 0 heterocycles. The van der Waals surface area contributed by atoms with Gasteiger partial charge in [-0.25, -0.2) is 8.78 Å². The van der Waals surface area contributed by atoms with Crippen LogP contribution in [0, 0.1) is 0 Å². The topological polar surface area (TPSA) is 12.5 Å². The van der Waals surface area contributed by atoms with Crippen LogP contribution in [0.3, 0.4) is 0 Å². The van der Waals surface area contributed by atoms with E-state index in [1.54, 1.807) is 7.11 Å². The minimum absolute atomic E-state index is 0.0825. The van der Waals surface area contributed by atoms with Crippen LogP contribution in [0.25, 0.3) is 0 Å². The highest BCUT2D eigenvalue weighted by Gasteiger charge is 2.57. The molecule has 0 radical (unpaired) electrons. The van der Waals surface area contributed by atoms with E-state index in [9.17, 15) is 8.78 Å². The highest BCUT2D eigenvalue weighted by atomic mass is 19.3. The normalized spacial score (nSPS) is 25.5. The zero-order chi connectivity index (χ0) is 9.41. The predicted molar refractivity (Wildman–Crippen MR) is 42.5 cm³/mol. The Balaban J connectivity index is 2.56. The predicted octanol–water partition coefficient (Wildman–Crippen LogP) is 1.36. The molecule has 1 aliphatic carbocycles. The molecule has 0 unspecified atom stereocenters. The number of hydrogen-bond donors (Lipinski definition) is 0. The van der Waals surface area contributed by atoms with Crippen molar-refractivity contribution in [2.24, 2.45) is 0 Å². The van der Waals surface area contributed by atoms with Gasteiger partial charge in [0.1, 0.15) is 0 Å². The smallest absolute Gasteiger partial charge is 0.251 e. The SMILES string of the molecule is COCC1(N(C)C)CC(F)(F)C1. The summed E-state index contributed by atoms with van der Waals surface area (Å²) in [6, 6.07) is 0. The van der Waals surface area contributed by atoms with Crippen LogP contribution in [-0.4, -0.2) is 44.2 Å². The lowest BCUT2D eigenvalue weighted by Gasteiger charge is -2.51. The van der Waals surface area contributed by atoms with Crippen LogP contribution in [-0.2, 0) is 4.74 Å². The summed E-state index contributed by atoms with van der Waals surface area (Å²) in [6.07, 6.45) is -0.165. The van der Waals surface area contributed by atoms with Crippen LogP contribution in [0.4, 0.5) is 8.78 Å². The van der Waals surface area contributed by atoms with Crippen LogP contribution < -0.4 is 0 Å². The number of hydrogen-bond acceptors (Lipinski definition) is 2. The quantitative estimate of drug-likeness (QED) is 0.648. The Morgan fingerprint density at radius 2 is 1.83 bits per heavy atom. The van der Waals surface area contributed by atoms with Gasteiger partial charge in [-0.3, -0.25) is 0 Å². The first kappa shape index (κ1) is 9.86. The zero-order valence-electron chi connectivity index (χ0n) is 7.73. The van der Waals surface area contributed by atoms with Crippen LogP contribution in [0.1, 0.15) is 12.8 Å². The summed E-state index contributed by atoms with van der Waals surface area (Å²) in [5.74, 6) is -2.48. The Kier molecular flexibility index (Phi) is 2.40. The van der Waals surface area contributed by atoms with Gasteiger partial charge in [0.05, 0.1) is 12.1 Å².